The van der Waals surface area contributed by atoms with Crippen molar-refractivity contribution in [1.29, 1.82) is 0 Å². The van der Waals surface area contributed by atoms with Gasteiger partial charge < -0.3 is 15.0 Å². The zero-order chi connectivity index (χ0) is 16.5. The number of nitrogens with one attached hydrogen (secondary N) is 1. The minimum Gasteiger partial charge on any atom is -0.466 e. The summed E-state index contributed by atoms with van der Waals surface area (Å²) in [6.45, 7) is 8.31. The van der Waals surface area contributed by atoms with Crippen LogP contribution in [-0.4, -0.2) is 59.4 Å². The summed E-state index contributed by atoms with van der Waals surface area (Å²) in [7, 11) is 0. The van der Waals surface area contributed by atoms with Gasteiger partial charge in [0.05, 0.1) is 25.6 Å². The Morgan fingerprint density at radius 1 is 1.39 bits per heavy atom. The molecule has 0 unspecified atom stereocenters. The highest BCUT2D eigenvalue weighted by Crippen LogP contribution is 2.18. The summed E-state index contributed by atoms with van der Waals surface area (Å²) in [5, 5.41) is 7.51. The van der Waals surface area contributed by atoms with E-state index in [0.717, 1.165) is 45.0 Å². The van der Waals surface area contributed by atoms with Gasteiger partial charge in [0.1, 0.15) is 0 Å². The quantitative estimate of drug-likeness (QED) is 0.483. The van der Waals surface area contributed by atoms with E-state index < -0.39 is 0 Å². The molecule has 1 aromatic rings. The van der Waals surface area contributed by atoms with Gasteiger partial charge in [-0.2, -0.15) is 5.10 Å². The van der Waals surface area contributed by atoms with Gasteiger partial charge in [0.25, 0.3) is 0 Å². The molecular weight excluding hydrogens is 294 g/mol. The van der Waals surface area contributed by atoms with Gasteiger partial charge in [-0.1, -0.05) is 0 Å². The molecular formula is C16H27N5O2. The van der Waals surface area contributed by atoms with Crippen molar-refractivity contribution in [2.45, 2.75) is 33.2 Å². The van der Waals surface area contributed by atoms with E-state index >= 15 is 0 Å². The second-order valence-corrected chi connectivity index (χ2v) is 5.52. The lowest BCUT2D eigenvalue weighted by Crippen LogP contribution is -2.46. The van der Waals surface area contributed by atoms with Gasteiger partial charge in [0.2, 0.25) is 0 Å². The van der Waals surface area contributed by atoms with Crippen LogP contribution in [0, 0.1) is 5.92 Å². The third-order valence-electron chi connectivity index (χ3n) is 3.90. The molecule has 0 spiro atoms. The van der Waals surface area contributed by atoms with Crippen LogP contribution < -0.4 is 5.32 Å². The number of piperidine rings is 1. The molecule has 1 N–H and O–H groups in total. The van der Waals surface area contributed by atoms with Crippen molar-refractivity contribution in [3.05, 3.63) is 18.5 Å². The van der Waals surface area contributed by atoms with Crippen molar-refractivity contribution in [2.24, 2.45) is 10.9 Å². The van der Waals surface area contributed by atoms with Crippen LogP contribution in [0.15, 0.2) is 23.5 Å². The molecule has 1 aliphatic rings. The number of aromatic nitrogens is 2. The number of nitrogens with zero attached hydrogens (tertiary/aromatic N) is 4. The van der Waals surface area contributed by atoms with Crippen LogP contribution in [-0.2, 0) is 16.1 Å². The average molecular weight is 321 g/mol. The number of aliphatic imine (C=N–C) groups is 1. The summed E-state index contributed by atoms with van der Waals surface area (Å²) in [4.78, 5) is 18.7. The van der Waals surface area contributed by atoms with E-state index in [1.807, 2.05) is 23.9 Å². The summed E-state index contributed by atoms with van der Waals surface area (Å²) in [5.41, 5.74) is 0. The molecule has 2 heterocycles. The molecule has 2 rings (SSSR count). The van der Waals surface area contributed by atoms with Crippen LogP contribution in [0.3, 0.4) is 0 Å². The first-order valence-corrected chi connectivity index (χ1v) is 8.42. The van der Waals surface area contributed by atoms with Crippen molar-refractivity contribution >= 4 is 11.9 Å². The molecule has 0 amide bonds. The zero-order valence-corrected chi connectivity index (χ0v) is 14.1. The SMILES string of the molecule is CCNC(=NCCn1cccn1)N1CCC(C(=O)OCC)CC1. The number of guanidine groups is 1. The fraction of sp³-hybridized carbons (Fsp3) is 0.688. The van der Waals surface area contributed by atoms with Crippen LogP contribution >= 0.6 is 0 Å². The molecule has 0 bridgehead atoms. The van der Waals surface area contributed by atoms with Crippen molar-refractivity contribution in [3.63, 3.8) is 0 Å². The molecule has 1 saturated heterocycles. The predicted molar refractivity (Wildman–Crippen MR) is 89.1 cm³/mol. The van der Waals surface area contributed by atoms with Crippen LogP contribution in [0.2, 0.25) is 0 Å². The lowest BCUT2D eigenvalue weighted by atomic mass is 9.97. The first-order valence-electron chi connectivity index (χ1n) is 8.42. The Morgan fingerprint density at radius 3 is 2.78 bits per heavy atom. The van der Waals surface area contributed by atoms with E-state index in [2.05, 4.69) is 27.2 Å². The Labute approximate surface area is 137 Å². The van der Waals surface area contributed by atoms with Gasteiger partial charge in [-0.25, -0.2) is 0 Å². The Hall–Kier alpha value is -2.05. The molecule has 7 nitrogen and oxygen atoms in total. The van der Waals surface area contributed by atoms with Gasteiger partial charge >= 0.3 is 5.97 Å². The highest BCUT2D eigenvalue weighted by Gasteiger charge is 2.27. The standard InChI is InChI=1S/C16H27N5O2/c1-3-17-16(18-9-13-21-10-5-8-19-21)20-11-6-14(7-12-20)15(22)23-4-2/h5,8,10,14H,3-4,6-7,9,11-13H2,1-2H3,(H,17,18). The first kappa shape index (κ1) is 17.3. The summed E-state index contributed by atoms with van der Waals surface area (Å²) in [6, 6.07) is 1.91. The second-order valence-electron chi connectivity index (χ2n) is 5.52. The van der Waals surface area contributed by atoms with Crippen LogP contribution in [0.5, 0.6) is 0 Å². The largest absolute Gasteiger partial charge is 0.466 e. The molecule has 0 radical (unpaired) electrons. The summed E-state index contributed by atoms with van der Waals surface area (Å²) >= 11 is 0. The number of ether oxygens (including phenoxy) is 1. The maximum atomic E-state index is 11.8. The van der Waals surface area contributed by atoms with Crippen molar-refractivity contribution < 1.29 is 9.53 Å². The van der Waals surface area contributed by atoms with Gasteiger partial charge in [-0.15, -0.1) is 0 Å². The first-order chi connectivity index (χ1) is 11.2. The van der Waals surface area contributed by atoms with E-state index in [-0.39, 0.29) is 11.9 Å². The third kappa shape index (κ3) is 5.26. The molecule has 1 aromatic heterocycles. The number of hydrogen-bond donors (Lipinski definition) is 1. The maximum absolute atomic E-state index is 11.8. The number of carbonyl (C=O) groups is 1. The molecule has 0 saturated carbocycles. The number of hydrogen-bond acceptors (Lipinski definition) is 4. The zero-order valence-electron chi connectivity index (χ0n) is 14.1. The molecule has 23 heavy (non-hydrogen) atoms. The molecule has 1 aliphatic heterocycles. The Morgan fingerprint density at radius 2 is 2.17 bits per heavy atom. The average Bonchev–Trinajstić information content (AvgIpc) is 3.08. The normalized spacial score (nSPS) is 16.4. The van der Waals surface area contributed by atoms with Gasteiger partial charge in [0, 0.05) is 32.0 Å². The highest BCUT2D eigenvalue weighted by molar-refractivity contribution is 5.80. The van der Waals surface area contributed by atoms with E-state index in [0.29, 0.717) is 13.2 Å². The molecule has 0 atom stereocenters. The number of esters is 1. The summed E-state index contributed by atoms with van der Waals surface area (Å²) in [6.07, 6.45) is 5.35. The molecule has 1 fully saturated rings. The van der Waals surface area contributed by atoms with Crippen molar-refractivity contribution in [2.75, 3.05) is 32.8 Å². The third-order valence-corrected chi connectivity index (χ3v) is 3.90. The van der Waals surface area contributed by atoms with E-state index in [1.54, 1.807) is 6.20 Å². The molecule has 0 aliphatic carbocycles. The van der Waals surface area contributed by atoms with E-state index in [1.165, 1.54) is 0 Å². The van der Waals surface area contributed by atoms with Crippen molar-refractivity contribution in [3.8, 4) is 0 Å². The fourth-order valence-corrected chi connectivity index (χ4v) is 2.70. The van der Waals surface area contributed by atoms with Crippen LogP contribution in [0.4, 0.5) is 0 Å². The van der Waals surface area contributed by atoms with Crippen molar-refractivity contribution in [1.82, 2.24) is 20.0 Å². The number of likely N-dealkylation sites (tertiary alicyclic amines) is 1. The second kappa shape index (κ2) is 9.17. The summed E-state index contributed by atoms with van der Waals surface area (Å²) in [5.74, 6) is 0.882. The minimum atomic E-state index is -0.0622. The monoisotopic (exact) mass is 321 g/mol. The Bertz CT molecular complexity index is 493. The lowest BCUT2D eigenvalue weighted by molar-refractivity contribution is -0.149. The Balaban J connectivity index is 1.85. The Kier molecular flexibility index (Phi) is 6.90. The molecule has 7 heteroatoms. The number of carbonyl (C=O) groups excluding carboxylic acids is 1. The fourth-order valence-electron chi connectivity index (χ4n) is 2.70. The minimum absolute atomic E-state index is 0.0261. The molecule has 0 aromatic carbocycles. The predicted octanol–water partition coefficient (Wildman–Crippen LogP) is 1.12. The molecule has 128 valence electrons. The van der Waals surface area contributed by atoms with Crippen LogP contribution in [0.25, 0.3) is 0 Å². The van der Waals surface area contributed by atoms with E-state index in [9.17, 15) is 4.79 Å². The van der Waals surface area contributed by atoms with Gasteiger partial charge in [0.15, 0.2) is 5.96 Å². The topological polar surface area (TPSA) is 71.8 Å². The smallest absolute Gasteiger partial charge is 0.309 e. The van der Waals surface area contributed by atoms with Gasteiger partial charge in [-0.05, 0) is 32.8 Å². The van der Waals surface area contributed by atoms with Gasteiger partial charge in [-0.3, -0.25) is 14.5 Å². The van der Waals surface area contributed by atoms with E-state index in [4.69, 9.17) is 4.74 Å². The lowest BCUT2D eigenvalue weighted by Gasteiger charge is -2.33. The summed E-state index contributed by atoms with van der Waals surface area (Å²) < 4.78 is 6.99. The highest BCUT2D eigenvalue weighted by atomic mass is 16.5. The maximum Gasteiger partial charge on any atom is 0.309 e. The van der Waals surface area contributed by atoms with Crippen LogP contribution in [0.1, 0.15) is 26.7 Å². The number of rotatable bonds is 6.